The molecule has 0 radical (unpaired) electrons. The quantitative estimate of drug-likeness (QED) is 0.281. The van der Waals surface area contributed by atoms with Gasteiger partial charge in [-0.25, -0.2) is 9.37 Å². The molecular formula is C21H21BFN5O3S. The van der Waals surface area contributed by atoms with Crippen molar-refractivity contribution in [2.75, 3.05) is 20.3 Å². The summed E-state index contributed by atoms with van der Waals surface area (Å²) in [5.41, 5.74) is 1.81. The monoisotopic (exact) mass is 453 g/mol. The van der Waals surface area contributed by atoms with Crippen molar-refractivity contribution in [3.8, 4) is 22.2 Å². The highest BCUT2D eigenvalue weighted by atomic mass is 32.1. The fraction of sp³-hybridized carbons (Fsp3) is 0.238. The third-order valence-electron chi connectivity index (χ3n) is 5.03. The molecule has 0 atom stereocenters. The van der Waals surface area contributed by atoms with Gasteiger partial charge in [-0.15, -0.1) is 16.2 Å². The van der Waals surface area contributed by atoms with Gasteiger partial charge in [0, 0.05) is 45.6 Å². The van der Waals surface area contributed by atoms with Crippen molar-refractivity contribution in [3.05, 3.63) is 59.1 Å². The fourth-order valence-electron chi connectivity index (χ4n) is 3.28. The second kappa shape index (κ2) is 9.55. The lowest BCUT2D eigenvalue weighted by Gasteiger charge is -2.16. The van der Waals surface area contributed by atoms with Crippen LogP contribution in [0.1, 0.15) is 5.69 Å². The summed E-state index contributed by atoms with van der Waals surface area (Å²) < 4.78 is 28.0. The maximum atomic E-state index is 14.3. The Labute approximate surface area is 189 Å². The molecule has 0 amide bonds. The maximum absolute atomic E-state index is 14.3. The SMILES string of the molecule is BN(CCOC)Cc1cnc(-c2cc3nccc(Oc4ccc(N=O)cc4F)c3s2)n1C. The van der Waals surface area contributed by atoms with Crippen LogP contribution in [0, 0.1) is 10.7 Å². The first-order valence-electron chi connectivity index (χ1n) is 9.88. The number of ether oxygens (including phenoxy) is 2. The minimum absolute atomic E-state index is 0.00610. The molecule has 0 aliphatic carbocycles. The summed E-state index contributed by atoms with van der Waals surface area (Å²) in [5.74, 6) is 0.653. The Bertz CT molecular complexity index is 1260. The lowest BCUT2D eigenvalue weighted by atomic mass is 10.2. The fourth-order valence-corrected chi connectivity index (χ4v) is 4.37. The summed E-state index contributed by atoms with van der Waals surface area (Å²) in [5, 5.41) is 2.74. The number of nitroso groups, excluding NO2 is 1. The third kappa shape index (κ3) is 4.54. The molecule has 0 N–H and O–H groups in total. The number of hydrogen-bond donors (Lipinski definition) is 0. The zero-order valence-corrected chi connectivity index (χ0v) is 18.7. The molecule has 0 unspecified atom stereocenters. The number of pyridine rings is 1. The summed E-state index contributed by atoms with van der Waals surface area (Å²) >= 11 is 1.47. The topological polar surface area (TPSA) is 81.8 Å². The number of hydrogen-bond acceptors (Lipinski definition) is 8. The van der Waals surface area contributed by atoms with Gasteiger partial charge in [0.25, 0.3) is 0 Å². The van der Waals surface area contributed by atoms with Crippen molar-refractivity contribution in [3.63, 3.8) is 0 Å². The van der Waals surface area contributed by atoms with Crippen molar-refractivity contribution in [1.82, 2.24) is 19.3 Å². The molecule has 0 aliphatic rings. The summed E-state index contributed by atoms with van der Waals surface area (Å²) in [6.45, 7) is 2.24. The van der Waals surface area contributed by atoms with Gasteiger partial charge in [0.1, 0.15) is 17.3 Å². The highest BCUT2D eigenvalue weighted by Gasteiger charge is 2.17. The number of fused-ring (bicyclic) bond motifs is 1. The summed E-state index contributed by atoms with van der Waals surface area (Å²) in [6, 6.07) is 7.46. The molecule has 8 nitrogen and oxygen atoms in total. The molecule has 0 saturated heterocycles. The number of benzene rings is 1. The van der Waals surface area contributed by atoms with Crippen LogP contribution in [0.4, 0.5) is 10.1 Å². The van der Waals surface area contributed by atoms with E-state index in [1.165, 1.54) is 23.5 Å². The van der Waals surface area contributed by atoms with Crippen LogP contribution in [0.25, 0.3) is 20.9 Å². The van der Waals surface area contributed by atoms with Crippen LogP contribution in [0.3, 0.4) is 0 Å². The lowest BCUT2D eigenvalue weighted by molar-refractivity contribution is 0.178. The average Bonchev–Trinajstić information content (AvgIpc) is 3.37. The van der Waals surface area contributed by atoms with E-state index in [0.29, 0.717) is 12.4 Å². The number of halogens is 1. The number of thiophene rings is 1. The predicted molar refractivity (Wildman–Crippen MR) is 125 cm³/mol. The van der Waals surface area contributed by atoms with Crippen molar-refractivity contribution >= 4 is 35.2 Å². The third-order valence-corrected chi connectivity index (χ3v) is 6.17. The number of nitrogens with zero attached hydrogens (tertiary/aromatic N) is 5. The Balaban J connectivity index is 1.62. The summed E-state index contributed by atoms with van der Waals surface area (Å²) in [4.78, 5) is 22.7. The first-order chi connectivity index (χ1) is 15.5. The minimum atomic E-state index is -0.657. The zero-order chi connectivity index (χ0) is 22.7. The van der Waals surface area contributed by atoms with Crippen molar-refractivity contribution in [1.29, 1.82) is 0 Å². The van der Waals surface area contributed by atoms with E-state index < -0.39 is 5.82 Å². The average molecular weight is 453 g/mol. The smallest absolute Gasteiger partial charge is 0.186 e. The van der Waals surface area contributed by atoms with Gasteiger partial charge in [-0.3, -0.25) is 4.98 Å². The molecule has 4 aromatic rings. The van der Waals surface area contributed by atoms with Crippen LogP contribution in [0.15, 0.2) is 47.9 Å². The van der Waals surface area contributed by atoms with E-state index in [4.69, 9.17) is 9.47 Å². The van der Waals surface area contributed by atoms with Crippen molar-refractivity contribution in [2.45, 2.75) is 6.54 Å². The molecule has 11 heteroatoms. The molecule has 1 aromatic carbocycles. The second-order valence-electron chi connectivity index (χ2n) is 7.30. The van der Waals surface area contributed by atoms with E-state index in [2.05, 4.69) is 24.5 Å². The highest BCUT2D eigenvalue weighted by molar-refractivity contribution is 7.22. The van der Waals surface area contributed by atoms with E-state index in [1.807, 2.05) is 27.3 Å². The second-order valence-corrected chi connectivity index (χ2v) is 8.36. The Morgan fingerprint density at radius 3 is 2.84 bits per heavy atom. The minimum Gasteiger partial charge on any atom is -0.453 e. The van der Waals surface area contributed by atoms with Gasteiger partial charge in [-0.2, -0.15) is 0 Å². The zero-order valence-electron chi connectivity index (χ0n) is 17.9. The van der Waals surface area contributed by atoms with Gasteiger partial charge in [0.2, 0.25) is 0 Å². The molecule has 3 aromatic heterocycles. The molecule has 0 aliphatic heterocycles. The van der Waals surface area contributed by atoms with Gasteiger partial charge < -0.3 is 18.9 Å². The molecule has 0 fully saturated rings. The Kier molecular flexibility index (Phi) is 6.59. The molecule has 0 saturated carbocycles. The molecule has 164 valence electrons. The normalized spacial score (nSPS) is 11.4. The summed E-state index contributed by atoms with van der Waals surface area (Å²) in [6.07, 6.45) is 3.48. The van der Waals surface area contributed by atoms with Crippen LogP contribution in [-0.2, 0) is 18.3 Å². The maximum Gasteiger partial charge on any atom is 0.186 e. The van der Waals surface area contributed by atoms with Crippen molar-refractivity contribution < 1.29 is 13.9 Å². The van der Waals surface area contributed by atoms with E-state index in [1.54, 1.807) is 19.4 Å². The van der Waals surface area contributed by atoms with E-state index in [9.17, 15) is 9.30 Å². The first-order valence-corrected chi connectivity index (χ1v) is 10.7. The standard InChI is InChI=1S/C21H21BFN5O3S/c1-27-14(12-28(22)7-8-30-2)11-25-21(27)19-10-16-20(32-19)18(5-6-24-16)31-17-4-3-13(26-29)9-15(17)23/h3-6,9-11H,7-8,12,22H2,1-2H3. The number of imidazole rings is 1. The lowest BCUT2D eigenvalue weighted by Crippen LogP contribution is -2.25. The van der Waals surface area contributed by atoms with Crippen LogP contribution in [0.5, 0.6) is 11.5 Å². The van der Waals surface area contributed by atoms with E-state index in [0.717, 1.165) is 45.8 Å². The molecular weight excluding hydrogens is 432 g/mol. The Morgan fingerprint density at radius 1 is 1.25 bits per heavy atom. The van der Waals surface area contributed by atoms with Gasteiger partial charge in [0.15, 0.2) is 19.5 Å². The number of aromatic nitrogens is 3. The van der Waals surface area contributed by atoms with Gasteiger partial charge in [-0.1, -0.05) is 0 Å². The Hall–Kier alpha value is -3.15. The predicted octanol–water partition coefficient (Wildman–Crippen LogP) is 4.02. The van der Waals surface area contributed by atoms with Crippen LogP contribution in [0.2, 0.25) is 0 Å². The van der Waals surface area contributed by atoms with Gasteiger partial charge in [-0.05, 0) is 23.4 Å². The van der Waals surface area contributed by atoms with Crippen molar-refractivity contribution in [2.24, 2.45) is 12.2 Å². The molecule has 0 bridgehead atoms. The molecule has 32 heavy (non-hydrogen) atoms. The molecule has 0 spiro atoms. The van der Waals surface area contributed by atoms with Crippen LogP contribution >= 0.6 is 11.3 Å². The number of methoxy groups -OCH3 is 1. The largest absolute Gasteiger partial charge is 0.453 e. The van der Waals surface area contributed by atoms with Gasteiger partial charge >= 0.3 is 0 Å². The van der Waals surface area contributed by atoms with Crippen LogP contribution < -0.4 is 4.74 Å². The van der Waals surface area contributed by atoms with Crippen LogP contribution in [-0.4, -0.2) is 47.6 Å². The first kappa shape index (κ1) is 22.1. The molecule has 4 rings (SSSR count). The van der Waals surface area contributed by atoms with E-state index >= 15 is 0 Å². The summed E-state index contributed by atoms with van der Waals surface area (Å²) in [7, 11) is 5.71. The van der Waals surface area contributed by atoms with E-state index in [-0.39, 0.29) is 11.4 Å². The van der Waals surface area contributed by atoms with Gasteiger partial charge in [0.05, 0.1) is 33.6 Å². The molecule has 3 heterocycles. The Morgan fingerprint density at radius 2 is 2.09 bits per heavy atom. The highest BCUT2D eigenvalue weighted by Crippen LogP contribution is 2.39. The number of rotatable bonds is 9.